The fraction of sp³-hybridized carbons (Fsp3) is 0.500. The van der Waals surface area contributed by atoms with Crippen LogP contribution in [0, 0.1) is 5.41 Å². The zero-order chi connectivity index (χ0) is 15.1. The molecule has 1 aromatic heterocycles. The second-order valence-corrected chi connectivity index (χ2v) is 8.27. The lowest BCUT2D eigenvalue weighted by atomic mass is 9.85. The second kappa shape index (κ2) is 4.86. The highest BCUT2D eigenvalue weighted by Crippen LogP contribution is 2.24. The van der Waals surface area contributed by atoms with Gasteiger partial charge in [-0.15, -0.1) is 0 Å². The standard InChI is InChI=1S/C14H21N3O2S/c1-14(2,3)11(15)8-12-16-9-6-5-7-10(13(9)17-12)20(4,18)19/h5-7,11H,8,15H2,1-4H3,(H,16,17). The van der Waals surface area contributed by atoms with Crippen LogP contribution in [0.2, 0.25) is 0 Å². The Morgan fingerprint density at radius 3 is 2.55 bits per heavy atom. The monoisotopic (exact) mass is 295 g/mol. The highest BCUT2D eigenvalue weighted by molar-refractivity contribution is 7.91. The number of aromatic amines is 1. The minimum absolute atomic E-state index is 0.0291. The molecule has 0 radical (unpaired) electrons. The molecule has 2 rings (SSSR count). The third-order valence-corrected chi connectivity index (χ3v) is 4.58. The summed E-state index contributed by atoms with van der Waals surface area (Å²) >= 11 is 0. The van der Waals surface area contributed by atoms with Crippen LogP contribution in [0.3, 0.4) is 0 Å². The summed E-state index contributed by atoms with van der Waals surface area (Å²) in [4.78, 5) is 7.83. The molecule has 0 bridgehead atoms. The van der Waals surface area contributed by atoms with Gasteiger partial charge in [-0.1, -0.05) is 26.8 Å². The number of nitrogens with two attached hydrogens (primary N) is 1. The van der Waals surface area contributed by atoms with Crippen LogP contribution in [0.1, 0.15) is 26.6 Å². The van der Waals surface area contributed by atoms with Crippen molar-refractivity contribution in [2.45, 2.75) is 38.1 Å². The summed E-state index contributed by atoms with van der Waals surface area (Å²) in [6, 6.07) is 5.06. The summed E-state index contributed by atoms with van der Waals surface area (Å²) in [6.45, 7) is 6.22. The summed E-state index contributed by atoms with van der Waals surface area (Å²) in [6.07, 6.45) is 1.78. The van der Waals surface area contributed by atoms with E-state index in [4.69, 9.17) is 5.73 Å². The lowest BCUT2D eigenvalue weighted by Gasteiger charge is -2.26. The van der Waals surface area contributed by atoms with Crippen molar-refractivity contribution in [3.63, 3.8) is 0 Å². The quantitative estimate of drug-likeness (QED) is 0.905. The van der Waals surface area contributed by atoms with Gasteiger partial charge >= 0.3 is 0 Å². The SMILES string of the molecule is CC(C)(C)C(N)Cc1nc2c(S(C)(=O)=O)cccc2[nH]1. The number of imidazole rings is 1. The maximum Gasteiger partial charge on any atom is 0.177 e. The molecular formula is C14H21N3O2S. The van der Waals surface area contributed by atoms with Crippen LogP contribution >= 0.6 is 0 Å². The van der Waals surface area contributed by atoms with Crippen molar-refractivity contribution in [3.8, 4) is 0 Å². The van der Waals surface area contributed by atoms with Crippen LogP contribution in [0.25, 0.3) is 11.0 Å². The molecular weight excluding hydrogens is 274 g/mol. The van der Waals surface area contributed by atoms with Crippen molar-refractivity contribution in [2.24, 2.45) is 11.1 Å². The van der Waals surface area contributed by atoms with Crippen molar-refractivity contribution in [3.05, 3.63) is 24.0 Å². The van der Waals surface area contributed by atoms with Crippen molar-refractivity contribution in [1.29, 1.82) is 0 Å². The van der Waals surface area contributed by atoms with Crippen LogP contribution < -0.4 is 5.73 Å². The zero-order valence-corrected chi connectivity index (χ0v) is 13.1. The van der Waals surface area contributed by atoms with Crippen molar-refractivity contribution in [1.82, 2.24) is 9.97 Å². The van der Waals surface area contributed by atoms with Gasteiger partial charge in [0, 0.05) is 18.7 Å². The molecule has 6 heteroatoms. The number of rotatable bonds is 3. The van der Waals surface area contributed by atoms with Crippen LogP contribution in [-0.2, 0) is 16.3 Å². The average Bonchev–Trinajstić information content (AvgIpc) is 2.67. The van der Waals surface area contributed by atoms with E-state index in [-0.39, 0.29) is 16.4 Å². The summed E-state index contributed by atoms with van der Waals surface area (Å²) in [5.41, 5.74) is 7.34. The Kier molecular flexibility index (Phi) is 3.64. The number of fused-ring (bicyclic) bond motifs is 1. The number of H-pyrrole nitrogens is 1. The number of nitrogens with one attached hydrogen (secondary N) is 1. The van der Waals surface area contributed by atoms with E-state index in [9.17, 15) is 8.42 Å². The first kappa shape index (κ1) is 15.0. The highest BCUT2D eigenvalue weighted by Gasteiger charge is 2.23. The molecule has 0 saturated heterocycles. The topological polar surface area (TPSA) is 88.8 Å². The molecule has 1 aromatic carbocycles. The molecule has 1 unspecified atom stereocenters. The summed E-state index contributed by atoms with van der Waals surface area (Å²) in [5.74, 6) is 0.721. The predicted octanol–water partition coefficient (Wildman–Crippen LogP) is 1.88. The summed E-state index contributed by atoms with van der Waals surface area (Å²) < 4.78 is 23.5. The lowest BCUT2D eigenvalue weighted by molar-refractivity contribution is 0.315. The first-order valence-corrected chi connectivity index (χ1v) is 8.41. The molecule has 1 heterocycles. The Bertz CT molecular complexity index is 726. The maximum atomic E-state index is 11.8. The number of benzene rings is 1. The van der Waals surface area contributed by atoms with Crippen LogP contribution in [-0.4, -0.2) is 30.7 Å². The number of hydrogen-bond donors (Lipinski definition) is 2. The van der Waals surface area contributed by atoms with Crippen molar-refractivity contribution in [2.75, 3.05) is 6.26 Å². The molecule has 20 heavy (non-hydrogen) atoms. The Morgan fingerprint density at radius 1 is 1.35 bits per heavy atom. The van der Waals surface area contributed by atoms with Gasteiger partial charge in [0.25, 0.3) is 0 Å². The van der Waals surface area contributed by atoms with Gasteiger partial charge < -0.3 is 10.7 Å². The molecule has 3 N–H and O–H groups in total. The van der Waals surface area contributed by atoms with Crippen LogP contribution in [0.15, 0.2) is 23.1 Å². The molecule has 1 atom stereocenters. The highest BCUT2D eigenvalue weighted by atomic mass is 32.2. The third-order valence-electron chi connectivity index (χ3n) is 3.45. The molecule has 0 spiro atoms. The van der Waals surface area contributed by atoms with E-state index in [1.165, 1.54) is 6.26 Å². The first-order valence-electron chi connectivity index (χ1n) is 6.52. The van der Waals surface area contributed by atoms with Crippen LogP contribution in [0.4, 0.5) is 0 Å². The van der Waals surface area contributed by atoms with Gasteiger partial charge in [0.15, 0.2) is 9.84 Å². The van der Waals surface area contributed by atoms with Crippen molar-refractivity contribution < 1.29 is 8.42 Å². The number of aromatic nitrogens is 2. The average molecular weight is 295 g/mol. The van der Waals surface area contributed by atoms with Gasteiger partial charge in [0.1, 0.15) is 11.3 Å². The van der Waals surface area contributed by atoms with E-state index in [2.05, 4.69) is 30.7 Å². The second-order valence-electron chi connectivity index (χ2n) is 6.28. The Morgan fingerprint density at radius 2 is 2.00 bits per heavy atom. The molecule has 0 aliphatic heterocycles. The minimum atomic E-state index is -3.29. The smallest absolute Gasteiger partial charge is 0.177 e. The third kappa shape index (κ3) is 3.02. The molecule has 0 amide bonds. The van der Waals surface area contributed by atoms with Gasteiger partial charge in [-0.25, -0.2) is 13.4 Å². The molecule has 0 fully saturated rings. The molecule has 0 aliphatic rings. The van der Waals surface area contributed by atoms with E-state index < -0.39 is 9.84 Å². The van der Waals surface area contributed by atoms with Crippen LogP contribution in [0.5, 0.6) is 0 Å². The Hall–Kier alpha value is -1.40. The number of nitrogens with zero attached hydrogens (tertiary/aromatic N) is 1. The molecule has 0 saturated carbocycles. The lowest BCUT2D eigenvalue weighted by Crippen LogP contribution is -2.37. The molecule has 110 valence electrons. The van der Waals surface area contributed by atoms with Gasteiger partial charge in [-0.05, 0) is 17.5 Å². The predicted molar refractivity (Wildman–Crippen MR) is 80.3 cm³/mol. The zero-order valence-electron chi connectivity index (χ0n) is 12.3. The molecule has 5 nitrogen and oxygen atoms in total. The largest absolute Gasteiger partial charge is 0.342 e. The number of hydrogen-bond acceptors (Lipinski definition) is 4. The van der Waals surface area contributed by atoms with E-state index in [0.717, 1.165) is 11.3 Å². The molecule has 0 aliphatic carbocycles. The van der Waals surface area contributed by atoms with E-state index in [0.29, 0.717) is 11.9 Å². The van der Waals surface area contributed by atoms with Gasteiger partial charge in [0.05, 0.1) is 10.4 Å². The van der Waals surface area contributed by atoms with Gasteiger partial charge in [0.2, 0.25) is 0 Å². The normalized spacial score (nSPS) is 14.7. The van der Waals surface area contributed by atoms with E-state index in [1.54, 1.807) is 12.1 Å². The van der Waals surface area contributed by atoms with Gasteiger partial charge in [-0.2, -0.15) is 0 Å². The number of para-hydroxylation sites is 1. The Balaban J connectivity index is 2.45. The number of sulfone groups is 1. The summed E-state index contributed by atoms with van der Waals surface area (Å²) in [7, 11) is -3.29. The first-order chi connectivity index (χ1) is 9.09. The van der Waals surface area contributed by atoms with Gasteiger partial charge in [-0.3, -0.25) is 0 Å². The minimum Gasteiger partial charge on any atom is -0.342 e. The van der Waals surface area contributed by atoms with E-state index >= 15 is 0 Å². The molecule has 2 aromatic rings. The van der Waals surface area contributed by atoms with Crippen molar-refractivity contribution >= 4 is 20.9 Å². The maximum absolute atomic E-state index is 11.8. The summed E-state index contributed by atoms with van der Waals surface area (Å²) in [5, 5.41) is 0. The fourth-order valence-electron chi connectivity index (χ4n) is 1.97. The Labute approximate surface area is 119 Å². The van der Waals surface area contributed by atoms with E-state index in [1.807, 2.05) is 6.07 Å². The fourth-order valence-corrected chi connectivity index (χ4v) is 2.80.